The standard InChI is InChI=1S/C26H30ClN5O4/c1-18(33)19-2-6-21(7-3-19)29-24(34)16-23-26(36)28-10-11-32(23)25(35)17-30-12-14-31(15-13-30)22-8-4-20(27)5-9-22/h2-9,23H,10-17H2,1H3,(H,28,36)(H,29,34)/t23-/m1/s1. The third kappa shape index (κ3) is 6.41. The number of anilines is 2. The van der Waals surface area contributed by atoms with Crippen LogP contribution in [-0.4, -0.2) is 85.2 Å². The number of piperazine rings is 2. The molecular formula is C26H30ClN5O4. The van der Waals surface area contributed by atoms with Gasteiger partial charge in [-0.2, -0.15) is 0 Å². The van der Waals surface area contributed by atoms with E-state index in [1.165, 1.54) is 11.8 Å². The van der Waals surface area contributed by atoms with Crippen molar-refractivity contribution in [3.8, 4) is 0 Å². The molecule has 0 aliphatic carbocycles. The SMILES string of the molecule is CC(=O)c1ccc(NC(=O)C[C@@H]2C(=O)NCCN2C(=O)CN2CCN(c3ccc(Cl)cc3)CC2)cc1. The minimum atomic E-state index is -0.863. The number of amides is 3. The summed E-state index contributed by atoms with van der Waals surface area (Å²) in [6.07, 6.45) is -0.142. The second-order valence-electron chi connectivity index (χ2n) is 9.02. The zero-order chi connectivity index (χ0) is 25.7. The normalized spacial score (nSPS) is 18.5. The van der Waals surface area contributed by atoms with E-state index in [1.54, 1.807) is 24.3 Å². The van der Waals surface area contributed by atoms with Crippen molar-refractivity contribution in [1.29, 1.82) is 0 Å². The number of hydrogen-bond acceptors (Lipinski definition) is 6. The summed E-state index contributed by atoms with van der Waals surface area (Å²) in [5.74, 6) is -0.924. The molecule has 0 radical (unpaired) electrons. The van der Waals surface area contributed by atoms with Gasteiger partial charge < -0.3 is 20.4 Å². The lowest BCUT2D eigenvalue weighted by molar-refractivity contribution is -0.145. The molecule has 2 aliphatic heterocycles. The highest BCUT2D eigenvalue weighted by atomic mass is 35.5. The third-order valence-electron chi connectivity index (χ3n) is 6.53. The molecule has 190 valence electrons. The number of ketones is 1. The van der Waals surface area contributed by atoms with E-state index in [0.29, 0.717) is 29.4 Å². The number of nitrogens with zero attached hydrogens (tertiary/aromatic N) is 3. The van der Waals surface area contributed by atoms with Gasteiger partial charge in [-0.15, -0.1) is 0 Å². The molecule has 10 heteroatoms. The number of rotatable bonds is 7. The second-order valence-corrected chi connectivity index (χ2v) is 9.46. The van der Waals surface area contributed by atoms with Crippen molar-refractivity contribution in [1.82, 2.24) is 15.1 Å². The van der Waals surface area contributed by atoms with Crippen molar-refractivity contribution >= 4 is 46.5 Å². The van der Waals surface area contributed by atoms with Crippen molar-refractivity contribution in [2.24, 2.45) is 0 Å². The van der Waals surface area contributed by atoms with E-state index in [-0.39, 0.29) is 36.5 Å². The summed E-state index contributed by atoms with van der Waals surface area (Å²) < 4.78 is 0. The maximum absolute atomic E-state index is 13.2. The smallest absolute Gasteiger partial charge is 0.243 e. The molecule has 0 unspecified atom stereocenters. The van der Waals surface area contributed by atoms with Gasteiger partial charge in [-0.05, 0) is 55.5 Å². The Bertz CT molecular complexity index is 1110. The van der Waals surface area contributed by atoms with E-state index >= 15 is 0 Å². The third-order valence-corrected chi connectivity index (χ3v) is 6.78. The number of hydrogen-bond donors (Lipinski definition) is 2. The minimum Gasteiger partial charge on any atom is -0.369 e. The number of Topliss-reactive ketones (excluding diaryl/α,β-unsaturated/α-hetero) is 1. The lowest BCUT2D eigenvalue weighted by atomic mass is 10.1. The van der Waals surface area contributed by atoms with Crippen molar-refractivity contribution in [3.05, 3.63) is 59.1 Å². The van der Waals surface area contributed by atoms with Gasteiger partial charge in [0.15, 0.2) is 5.78 Å². The Balaban J connectivity index is 1.31. The molecule has 3 amide bonds. The summed E-state index contributed by atoms with van der Waals surface area (Å²) in [6.45, 7) is 5.39. The zero-order valence-electron chi connectivity index (χ0n) is 20.2. The molecule has 2 aliphatic rings. The lowest BCUT2D eigenvalue weighted by Gasteiger charge is -2.39. The fourth-order valence-electron chi connectivity index (χ4n) is 4.49. The lowest BCUT2D eigenvalue weighted by Crippen LogP contribution is -2.60. The van der Waals surface area contributed by atoms with Crippen LogP contribution in [0.15, 0.2) is 48.5 Å². The maximum atomic E-state index is 13.2. The number of carbonyl (C=O) groups excluding carboxylic acids is 4. The second kappa shape index (κ2) is 11.5. The molecule has 0 spiro atoms. The summed E-state index contributed by atoms with van der Waals surface area (Å²) in [7, 11) is 0. The molecule has 2 fully saturated rings. The molecule has 2 aromatic rings. The fraction of sp³-hybridized carbons (Fsp3) is 0.385. The topological polar surface area (TPSA) is 102 Å². The first-order chi connectivity index (χ1) is 17.3. The molecule has 2 heterocycles. The van der Waals surface area contributed by atoms with Gasteiger partial charge in [0.05, 0.1) is 13.0 Å². The molecule has 0 saturated carbocycles. The summed E-state index contributed by atoms with van der Waals surface area (Å²) >= 11 is 5.98. The average molecular weight is 512 g/mol. The highest BCUT2D eigenvalue weighted by molar-refractivity contribution is 6.30. The molecule has 9 nitrogen and oxygen atoms in total. The van der Waals surface area contributed by atoms with Crippen LogP contribution < -0.4 is 15.5 Å². The Hall–Kier alpha value is -3.43. The van der Waals surface area contributed by atoms with Crippen molar-refractivity contribution in [2.75, 3.05) is 56.0 Å². The fourth-order valence-corrected chi connectivity index (χ4v) is 4.62. The van der Waals surface area contributed by atoms with Crippen LogP contribution in [0.5, 0.6) is 0 Å². The minimum absolute atomic E-state index is 0.0627. The molecule has 0 aromatic heterocycles. The number of nitrogens with one attached hydrogen (secondary N) is 2. The molecular weight excluding hydrogens is 482 g/mol. The van der Waals surface area contributed by atoms with Gasteiger partial charge in [-0.1, -0.05) is 11.6 Å². The Kier molecular flexibility index (Phi) is 8.22. The monoisotopic (exact) mass is 511 g/mol. The largest absolute Gasteiger partial charge is 0.369 e. The highest BCUT2D eigenvalue weighted by Crippen LogP contribution is 2.20. The van der Waals surface area contributed by atoms with Gasteiger partial charge in [0.1, 0.15) is 6.04 Å². The van der Waals surface area contributed by atoms with Gasteiger partial charge in [-0.25, -0.2) is 0 Å². The first-order valence-electron chi connectivity index (χ1n) is 12.0. The van der Waals surface area contributed by atoms with Gasteiger partial charge in [0.25, 0.3) is 0 Å². The van der Waals surface area contributed by atoms with Crippen molar-refractivity contribution in [3.63, 3.8) is 0 Å². The van der Waals surface area contributed by atoms with Gasteiger partial charge in [0.2, 0.25) is 17.7 Å². The van der Waals surface area contributed by atoms with Crippen LogP contribution in [0.1, 0.15) is 23.7 Å². The first-order valence-corrected chi connectivity index (χ1v) is 12.4. The average Bonchev–Trinajstić information content (AvgIpc) is 2.86. The van der Waals surface area contributed by atoms with Crippen molar-refractivity contribution < 1.29 is 19.2 Å². The van der Waals surface area contributed by atoms with Crippen LogP contribution in [0.4, 0.5) is 11.4 Å². The molecule has 36 heavy (non-hydrogen) atoms. The van der Waals surface area contributed by atoms with Gasteiger partial charge in [-0.3, -0.25) is 24.1 Å². The van der Waals surface area contributed by atoms with E-state index in [2.05, 4.69) is 20.4 Å². The predicted octanol–water partition coefficient (Wildman–Crippen LogP) is 2.02. The van der Waals surface area contributed by atoms with Crippen LogP contribution >= 0.6 is 11.6 Å². The molecule has 0 bridgehead atoms. The summed E-state index contributed by atoms with van der Waals surface area (Å²) in [4.78, 5) is 55.7. The van der Waals surface area contributed by atoms with Gasteiger partial charge in [0, 0.05) is 61.2 Å². The Labute approximate surface area is 215 Å². The Morgan fingerprint density at radius 3 is 2.28 bits per heavy atom. The van der Waals surface area contributed by atoms with Crippen LogP contribution in [0.3, 0.4) is 0 Å². The first kappa shape index (κ1) is 25.7. The Morgan fingerprint density at radius 1 is 0.972 bits per heavy atom. The van der Waals surface area contributed by atoms with E-state index < -0.39 is 6.04 Å². The van der Waals surface area contributed by atoms with Crippen molar-refractivity contribution in [2.45, 2.75) is 19.4 Å². The zero-order valence-corrected chi connectivity index (χ0v) is 21.0. The summed E-state index contributed by atoms with van der Waals surface area (Å²) in [5.41, 5.74) is 2.17. The number of carbonyl (C=O) groups is 4. The number of benzene rings is 2. The maximum Gasteiger partial charge on any atom is 0.243 e. The number of halogens is 1. The van der Waals surface area contributed by atoms with Gasteiger partial charge >= 0.3 is 0 Å². The van der Waals surface area contributed by atoms with E-state index in [0.717, 1.165) is 31.9 Å². The molecule has 4 rings (SSSR count). The van der Waals surface area contributed by atoms with Crippen LogP contribution in [0.2, 0.25) is 5.02 Å². The summed E-state index contributed by atoms with van der Waals surface area (Å²) in [5, 5.41) is 6.20. The van der Waals surface area contributed by atoms with E-state index in [1.807, 2.05) is 24.3 Å². The van der Waals surface area contributed by atoms with E-state index in [9.17, 15) is 19.2 Å². The Morgan fingerprint density at radius 2 is 1.64 bits per heavy atom. The van der Waals surface area contributed by atoms with E-state index in [4.69, 9.17) is 11.6 Å². The van der Waals surface area contributed by atoms with Crippen LogP contribution in [-0.2, 0) is 14.4 Å². The van der Waals surface area contributed by atoms with Crippen LogP contribution in [0.25, 0.3) is 0 Å². The van der Waals surface area contributed by atoms with Crippen LogP contribution in [0, 0.1) is 0 Å². The predicted molar refractivity (Wildman–Crippen MR) is 138 cm³/mol. The molecule has 1 atom stereocenters. The molecule has 2 N–H and O–H groups in total. The molecule has 2 aromatic carbocycles. The highest BCUT2D eigenvalue weighted by Gasteiger charge is 2.35. The molecule has 2 saturated heterocycles. The quantitative estimate of drug-likeness (QED) is 0.551. The summed E-state index contributed by atoms with van der Waals surface area (Å²) in [6, 6.07) is 13.4.